The molecule has 0 saturated carbocycles. The van der Waals surface area contributed by atoms with Crippen molar-refractivity contribution in [1.82, 2.24) is 30.2 Å². The third kappa shape index (κ3) is 7.28. The second-order valence-electron chi connectivity index (χ2n) is 11.3. The largest absolute Gasteiger partial charge is 0.778 e. The van der Waals surface area contributed by atoms with E-state index in [9.17, 15) is 24.2 Å². The van der Waals surface area contributed by atoms with Crippen molar-refractivity contribution in [2.24, 2.45) is 5.92 Å². The van der Waals surface area contributed by atoms with E-state index in [0.717, 1.165) is 5.56 Å². The van der Waals surface area contributed by atoms with Gasteiger partial charge in [-0.25, -0.2) is 19.7 Å². The van der Waals surface area contributed by atoms with Crippen LogP contribution in [0.2, 0.25) is 0 Å². The fraction of sp³-hybridized carbons (Fsp3) is 0.483. The smallest absolute Gasteiger partial charge is 0.320 e. The summed E-state index contributed by atoms with van der Waals surface area (Å²) in [5, 5.41) is 17.5. The Morgan fingerprint density at radius 2 is 2.00 bits per heavy atom. The number of hydrogen-bond donors (Lipinski definition) is 4. The van der Waals surface area contributed by atoms with E-state index in [0.29, 0.717) is 30.7 Å². The first-order valence-electron chi connectivity index (χ1n) is 15.0. The van der Waals surface area contributed by atoms with Gasteiger partial charge < -0.3 is 43.9 Å². The fourth-order valence-corrected chi connectivity index (χ4v) is 7.35. The van der Waals surface area contributed by atoms with Crippen molar-refractivity contribution >= 4 is 42.7 Å². The van der Waals surface area contributed by atoms with Crippen LogP contribution in [0, 0.1) is 5.92 Å². The van der Waals surface area contributed by atoms with E-state index in [1.54, 1.807) is 17.6 Å². The number of carboxylic acids is 1. The number of ether oxygens (including phenoxy) is 3. The van der Waals surface area contributed by atoms with Crippen LogP contribution >= 0.6 is 7.60 Å². The lowest BCUT2D eigenvalue weighted by atomic mass is 9.94. The molecule has 3 fully saturated rings. The standard InChI is InChI=1S/C29H36N7O9P/c1-2-30-29(39)35-25-22-26(33-15-32-25)36(16-34-22)27-24-23(44-21(45-24)9-8-17-6-4-3-5-7-17)20(43-27)13-42-46(40,41)14-18-10-11-31-19(12-18)28(37)38/h3-9,15-16,18-21,23-24,27,31H,2,10-14H2,1H3,(H,37,38)(H,40,41)(H2,30,32,33,35,39)/p-1/b9-8+/t18?,19?,20-,21+,23?,24+,27-/m1/s1. The van der Waals surface area contributed by atoms with E-state index in [-0.39, 0.29) is 30.9 Å². The average Bonchev–Trinajstić information content (AvgIpc) is 3.74. The molecule has 4 unspecified atom stereocenters. The second-order valence-corrected chi connectivity index (χ2v) is 13.1. The number of fused-ring (bicyclic) bond motifs is 2. The van der Waals surface area contributed by atoms with Crippen molar-refractivity contribution in [3.63, 3.8) is 0 Å². The molecule has 3 aliphatic rings. The Morgan fingerprint density at radius 3 is 2.78 bits per heavy atom. The summed E-state index contributed by atoms with van der Waals surface area (Å²) in [7, 11) is -4.37. The van der Waals surface area contributed by atoms with Gasteiger partial charge in [0.1, 0.15) is 38.3 Å². The predicted octanol–water partition coefficient (Wildman–Crippen LogP) is 1.71. The maximum Gasteiger partial charge on any atom is 0.320 e. The van der Waals surface area contributed by atoms with Gasteiger partial charge >= 0.3 is 12.0 Å². The molecule has 0 aliphatic carbocycles. The highest BCUT2D eigenvalue weighted by atomic mass is 31.2. The SMILES string of the molecule is CCNC(=O)Nc1ncnc2c1ncn2[C@@H]1O[C@H](COP(=O)([O-])CC2CCNC(C(=O)O)C2)C2O[C@H](/C=C/c3ccccc3)O[C@@H]21. The van der Waals surface area contributed by atoms with Crippen molar-refractivity contribution in [2.45, 2.75) is 56.6 Å². The molecule has 6 rings (SSSR count). The molecular formula is C29H35N7O9P-. The van der Waals surface area contributed by atoms with Crippen LogP contribution in [0.1, 0.15) is 31.6 Å². The summed E-state index contributed by atoms with van der Waals surface area (Å²) in [5.41, 5.74) is 1.62. The van der Waals surface area contributed by atoms with Gasteiger partial charge in [0.15, 0.2) is 29.5 Å². The third-order valence-corrected chi connectivity index (χ3v) is 9.55. The van der Waals surface area contributed by atoms with Crippen molar-refractivity contribution < 1.29 is 42.9 Å². The van der Waals surface area contributed by atoms with Crippen molar-refractivity contribution in [2.75, 3.05) is 31.2 Å². The molecule has 246 valence electrons. The summed E-state index contributed by atoms with van der Waals surface area (Å²) in [6, 6.07) is 8.37. The van der Waals surface area contributed by atoms with E-state index in [4.69, 9.17) is 18.7 Å². The molecule has 8 atom stereocenters. The molecule has 3 aliphatic heterocycles. The number of carboxylic acid groups (broad SMARTS) is 1. The Balaban J connectivity index is 1.20. The quantitative estimate of drug-likeness (QED) is 0.217. The monoisotopic (exact) mass is 656 g/mol. The summed E-state index contributed by atoms with van der Waals surface area (Å²) in [4.78, 5) is 49.5. The number of rotatable bonds is 11. The van der Waals surface area contributed by atoms with E-state index in [1.165, 1.54) is 12.7 Å². The van der Waals surface area contributed by atoms with Gasteiger partial charge in [-0.05, 0) is 43.9 Å². The number of aliphatic carboxylic acids is 1. The lowest BCUT2D eigenvalue weighted by Gasteiger charge is -2.33. The molecule has 17 heteroatoms. The van der Waals surface area contributed by atoms with E-state index >= 15 is 0 Å². The zero-order valence-corrected chi connectivity index (χ0v) is 25.8. The van der Waals surface area contributed by atoms with Gasteiger partial charge in [-0.3, -0.25) is 14.7 Å². The molecule has 5 heterocycles. The molecular weight excluding hydrogens is 621 g/mol. The van der Waals surface area contributed by atoms with Crippen LogP contribution < -0.4 is 20.8 Å². The van der Waals surface area contributed by atoms with Crippen molar-refractivity contribution in [3.05, 3.63) is 54.6 Å². The molecule has 0 spiro atoms. The molecule has 1 aromatic carbocycles. The van der Waals surface area contributed by atoms with E-state index < -0.39 is 56.5 Å². The fourth-order valence-electron chi connectivity index (χ4n) is 5.91. The molecule has 46 heavy (non-hydrogen) atoms. The Morgan fingerprint density at radius 1 is 1.20 bits per heavy atom. The highest BCUT2D eigenvalue weighted by Gasteiger charge is 2.53. The summed E-state index contributed by atoms with van der Waals surface area (Å²) < 4.78 is 38.9. The highest BCUT2D eigenvalue weighted by Crippen LogP contribution is 2.45. The van der Waals surface area contributed by atoms with E-state index in [1.807, 2.05) is 36.4 Å². The number of anilines is 1. The number of nitrogens with zero attached hydrogens (tertiary/aromatic N) is 4. The third-order valence-electron chi connectivity index (χ3n) is 8.04. The number of carbonyl (C=O) groups excluding carboxylic acids is 1. The number of amides is 2. The maximum atomic E-state index is 13.0. The van der Waals surface area contributed by atoms with Crippen LogP contribution in [0.4, 0.5) is 10.6 Å². The summed E-state index contributed by atoms with van der Waals surface area (Å²) in [5.74, 6) is -1.17. The Bertz CT molecular complexity index is 1620. The molecule has 2 amide bonds. The van der Waals surface area contributed by atoms with Crippen LogP contribution in [0.25, 0.3) is 17.2 Å². The zero-order valence-electron chi connectivity index (χ0n) is 24.9. The van der Waals surface area contributed by atoms with Crippen molar-refractivity contribution in [3.8, 4) is 0 Å². The van der Waals surface area contributed by atoms with Crippen LogP contribution in [0.15, 0.2) is 49.1 Å². The minimum Gasteiger partial charge on any atom is -0.778 e. The topological polar surface area (TPSA) is 211 Å². The first kappa shape index (κ1) is 32.2. The van der Waals surface area contributed by atoms with Crippen LogP contribution in [-0.2, 0) is 28.1 Å². The average molecular weight is 657 g/mol. The molecule has 16 nitrogen and oxygen atoms in total. The molecule has 4 N–H and O–H groups in total. The van der Waals surface area contributed by atoms with Gasteiger partial charge in [0, 0.05) is 12.7 Å². The maximum absolute atomic E-state index is 13.0. The zero-order chi connectivity index (χ0) is 32.3. The van der Waals surface area contributed by atoms with Gasteiger partial charge in [0.25, 0.3) is 0 Å². The lowest BCUT2D eigenvalue weighted by molar-refractivity contribution is -0.204. The number of carbonyl (C=O) groups is 2. The summed E-state index contributed by atoms with van der Waals surface area (Å²) >= 11 is 0. The number of piperidine rings is 1. The van der Waals surface area contributed by atoms with Crippen molar-refractivity contribution in [1.29, 1.82) is 0 Å². The second kappa shape index (κ2) is 13.9. The highest BCUT2D eigenvalue weighted by molar-refractivity contribution is 7.51. The number of benzene rings is 1. The number of urea groups is 1. The Hall–Kier alpha value is -3.76. The predicted molar refractivity (Wildman–Crippen MR) is 162 cm³/mol. The van der Waals surface area contributed by atoms with Crippen LogP contribution in [-0.4, -0.2) is 93.1 Å². The molecule has 0 radical (unpaired) electrons. The van der Waals surface area contributed by atoms with Crippen LogP contribution in [0.5, 0.6) is 0 Å². The Kier molecular flexibility index (Phi) is 9.75. The summed E-state index contributed by atoms with van der Waals surface area (Å²) in [6.45, 7) is 2.28. The minimum absolute atomic E-state index is 0.191. The summed E-state index contributed by atoms with van der Waals surface area (Å²) in [6.07, 6.45) is 2.97. The number of imidazole rings is 1. The van der Waals surface area contributed by atoms with Gasteiger partial charge in [-0.15, -0.1) is 0 Å². The number of nitrogens with one attached hydrogen (secondary N) is 3. The number of hydrogen-bond acceptors (Lipinski definition) is 12. The normalized spacial score (nSPS) is 29.0. The van der Waals surface area contributed by atoms with Gasteiger partial charge in [0.05, 0.1) is 12.9 Å². The van der Waals surface area contributed by atoms with Gasteiger partial charge in [0.2, 0.25) is 0 Å². The minimum atomic E-state index is -4.37. The lowest BCUT2D eigenvalue weighted by Crippen LogP contribution is -2.44. The van der Waals surface area contributed by atoms with Crippen LogP contribution in [0.3, 0.4) is 0 Å². The molecule has 3 aromatic rings. The number of aromatic nitrogens is 4. The van der Waals surface area contributed by atoms with Gasteiger partial charge in [-0.1, -0.05) is 36.4 Å². The molecule has 3 saturated heterocycles. The van der Waals surface area contributed by atoms with Gasteiger partial charge in [-0.2, -0.15) is 0 Å². The Labute approximate surface area is 264 Å². The van der Waals surface area contributed by atoms with E-state index in [2.05, 4.69) is 30.9 Å². The first-order chi connectivity index (χ1) is 22.2. The molecule has 2 aromatic heterocycles. The first-order valence-corrected chi connectivity index (χ1v) is 16.8. The molecule has 0 bridgehead atoms.